The Bertz CT molecular complexity index is 255. The minimum Gasteiger partial charge on any atom is -0.352 e. The summed E-state index contributed by atoms with van der Waals surface area (Å²) in [6.07, 6.45) is 0. The largest absolute Gasteiger partial charge is 0.352 e. The minimum atomic E-state index is 0.0800. The van der Waals surface area contributed by atoms with Crippen LogP contribution in [0.1, 0.15) is 27.7 Å². The third kappa shape index (κ3) is 3.14. The Balaban J connectivity index is 2.43. The van der Waals surface area contributed by atoms with E-state index in [0.29, 0.717) is 0 Å². The lowest BCUT2D eigenvalue weighted by Crippen LogP contribution is -2.39. The average Bonchev–Trinajstić information content (AvgIpc) is 1.95. The highest BCUT2D eigenvalue weighted by Gasteiger charge is 2.17. The lowest BCUT2D eigenvalue weighted by Gasteiger charge is -2.23. The smallest absolute Gasteiger partial charge is 0.246 e. The lowest BCUT2D eigenvalue weighted by atomic mass is 9.96. The van der Waals surface area contributed by atoms with Crippen molar-refractivity contribution in [3.8, 4) is 0 Å². The van der Waals surface area contributed by atoms with Gasteiger partial charge in [0.1, 0.15) is 0 Å². The predicted molar refractivity (Wildman–Crippen MR) is 58.0 cm³/mol. The van der Waals surface area contributed by atoms with E-state index in [1.54, 1.807) is 0 Å². The first-order chi connectivity index (χ1) is 6.40. The van der Waals surface area contributed by atoms with Crippen LogP contribution in [-0.2, 0) is 4.79 Å². The molecule has 1 amide bonds. The number of hydrogen-bond acceptors (Lipinski definition) is 2. The van der Waals surface area contributed by atoms with Crippen molar-refractivity contribution in [3.05, 3.63) is 11.1 Å². The fourth-order valence-electron chi connectivity index (χ4n) is 1.15. The molecule has 0 aromatic carbocycles. The molecule has 1 saturated heterocycles. The maximum atomic E-state index is 11.6. The Hall–Kier alpha value is -0.830. The van der Waals surface area contributed by atoms with Gasteiger partial charge in [0.2, 0.25) is 5.91 Å². The predicted octanol–water partition coefficient (Wildman–Crippen LogP) is 1.07. The van der Waals surface area contributed by atoms with E-state index in [-0.39, 0.29) is 11.3 Å². The van der Waals surface area contributed by atoms with Gasteiger partial charge in [-0.25, -0.2) is 0 Å². The van der Waals surface area contributed by atoms with E-state index in [1.165, 1.54) is 5.57 Å². The van der Waals surface area contributed by atoms with Crippen molar-refractivity contribution >= 4 is 5.91 Å². The van der Waals surface area contributed by atoms with Gasteiger partial charge in [0.15, 0.2) is 0 Å². The fourth-order valence-corrected chi connectivity index (χ4v) is 1.15. The second-order valence-corrected chi connectivity index (χ2v) is 5.08. The molecule has 0 aromatic rings. The first-order valence-electron chi connectivity index (χ1n) is 5.08. The summed E-state index contributed by atoms with van der Waals surface area (Å²) in [6, 6.07) is 0. The van der Waals surface area contributed by atoms with Gasteiger partial charge in [0.25, 0.3) is 0 Å². The second-order valence-electron chi connectivity index (χ2n) is 5.08. The third-order valence-electron chi connectivity index (χ3n) is 2.33. The molecular formula is C11H20N2O. The number of hydrogen-bond donors (Lipinski definition) is 2. The van der Waals surface area contributed by atoms with Crippen LogP contribution in [0.4, 0.5) is 0 Å². The molecule has 1 rings (SSSR count). The Labute approximate surface area is 86.0 Å². The molecule has 0 atom stereocenters. The molecule has 3 heteroatoms. The fraction of sp³-hybridized carbons (Fsp3) is 0.727. The molecule has 0 bridgehead atoms. The van der Waals surface area contributed by atoms with Gasteiger partial charge >= 0.3 is 0 Å². The first-order valence-corrected chi connectivity index (χ1v) is 5.08. The molecule has 2 N–H and O–H groups in total. The number of amides is 1. The molecule has 1 aliphatic heterocycles. The first kappa shape index (κ1) is 11.2. The van der Waals surface area contributed by atoms with Crippen LogP contribution in [0.3, 0.4) is 0 Å². The Morgan fingerprint density at radius 3 is 2.36 bits per heavy atom. The lowest BCUT2D eigenvalue weighted by molar-refractivity contribution is -0.117. The molecular weight excluding hydrogens is 176 g/mol. The normalized spacial score (nSPS) is 16.1. The summed E-state index contributed by atoms with van der Waals surface area (Å²) in [5, 5.41) is 6.08. The van der Waals surface area contributed by atoms with E-state index in [2.05, 4.69) is 31.4 Å². The number of nitrogens with one attached hydrogen (secondary N) is 2. The van der Waals surface area contributed by atoms with Crippen LogP contribution in [0.2, 0.25) is 0 Å². The van der Waals surface area contributed by atoms with Crippen LogP contribution in [0.15, 0.2) is 11.1 Å². The number of rotatable bonds is 2. The van der Waals surface area contributed by atoms with Gasteiger partial charge in [0.05, 0.1) is 0 Å². The second kappa shape index (κ2) is 4.13. The van der Waals surface area contributed by atoms with Gasteiger partial charge in [-0.15, -0.1) is 0 Å². The average molecular weight is 196 g/mol. The monoisotopic (exact) mass is 196 g/mol. The SMILES string of the molecule is CC(C(=O)NCC(C)(C)C)=C1CNC1. The molecule has 80 valence electrons. The van der Waals surface area contributed by atoms with Gasteiger partial charge < -0.3 is 10.6 Å². The summed E-state index contributed by atoms with van der Waals surface area (Å²) in [6.45, 7) is 10.7. The van der Waals surface area contributed by atoms with Crippen LogP contribution < -0.4 is 10.6 Å². The van der Waals surface area contributed by atoms with E-state index >= 15 is 0 Å². The summed E-state index contributed by atoms with van der Waals surface area (Å²) < 4.78 is 0. The van der Waals surface area contributed by atoms with E-state index in [9.17, 15) is 4.79 Å². The Morgan fingerprint density at radius 1 is 1.43 bits per heavy atom. The van der Waals surface area contributed by atoms with E-state index < -0.39 is 0 Å². The molecule has 0 spiro atoms. The zero-order valence-corrected chi connectivity index (χ0v) is 9.53. The summed E-state index contributed by atoms with van der Waals surface area (Å²) in [5.41, 5.74) is 2.27. The molecule has 1 fully saturated rings. The molecule has 14 heavy (non-hydrogen) atoms. The molecule has 1 heterocycles. The Kier molecular flexibility index (Phi) is 3.32. The van der Waals surface area contributed by atoms with Crippen molar-refractivity contribution < 1.29 is 4.79 Å². The maximum Gasteiger partial charge on any atom is 0.246 e. The van der Waals surface area contributed by atoms with E-state index in [1.807, 2.05) is 6.92 Å². The van der Waals surface area contributed by atoms with Gasteiger partial charge in [-0.1, -0.05) is 20.8 Å². The third-order valence-corrected chi connectivity index (χ3v) is 2.33. The zero-order valence-electron chi connectivity index (χ0n) is 9.53. The molecule has 0 aromatic heterocycles. The van der Waals surface area contributed by atoms with Crippen molar-refractivity contribution in [3.63, 3.8) is 0 Å². The number of carbonyl (C=O) groups excluding carboxylic acids is 1. The van der Waals surface area contributed by atoms with E-state index in [4.69, 9.17) is 0 Å². The van der Waals surface area contributed by atoms with Gasteiger partial charge in [-0.3, -0.25) is 4.79 Å². The van der Waals surface area contributed by atoms with Crippen LogP contribution >= 0.6 is 0 Å². The maximum absolute atomic E-state index is 11.6. The molecule has 1 aliphatic rings. The zero-order chi connectivity index (χ0) is 10.8. The molecule has 0 saturated carbocycles. The quantitative estimate of drug-likeness (QED) is 0.649. The van der Waals surface area contributed by atoms with Crippen LogP contribution in [0.5, 0.6) is 0 Å². The highest BCUT2D eigenvalue weighted by molar-refractivity contribution is 5.93. The Morgan fingerprint density at radius 2 is 2.00 bits per heavy atom. The molecule has 3 nitrogen and oxygen atoms in total. The summed E-state index contributed by atoms with van der Waals surface area (Å²) in [5.74, 6) is 0.0800. The minimum absolute atomic E-state index is 0.0800. The molecule has 0 radical (unpaired) electrons. The van der Waals surface area contributed by atoms with Crippen molar-refractivity contribution in [2.24, 2.45) is 5.41 Å². The van der Waals surface area contributed by atoms with Crippen LogP contribution in [0.25, 0.3) is 0 Å². The van der Waals surface area contributed by atoms with Crippen molar-refractivity contribution in [1.82, 2.24) is 10.6 Å². The summed E-state index contributed by atoms with van der Waals surface area (Å²) in [4.78, 5) is 11.6. The van der Waals surface area contributed by atoms with Crippen molar-refractivity contribution in [1.29, 1.82) is 0 Å². The van der Waals surface area contributed by atoms with Crippen LogP contribution in [0, 0.1) is 5.41 Å². The van der Waals surface area contributed by atoms with Crippen molar-refractivity contribution in [2.45, 2.75) is 27.7 Å². The van der Waals surface area contributed by atoms with Crippen molar-refractivity contribution in [2.75, 3.05) is 19.6 Å². The van der Waals surface area contributed by atoms with Crippen LogP contribution in [-0.4, -0.2) is 25.5 Å². The standard InChI is InChI=1S/C11H20N2O/c1-8(9-5-12-6-9)10(14)13-7-11(2,3)4/h12H,5-7H2,1-4H3,(H,13,14). The highest BCUT2D eigenvalue weighted by Crippen LogP contribution is 2.12. The highest BCUT2D eigenvalue weighted by atomic mass is 16.1. The summed E-state index contributed by atoms with van der Waals surface area (Å²) >= 11 is 0. The van der Waals surface area contributed by atoms with Gasteiger partial charge in [0, 0.05) is 25.2 Å². The molecule has 0 aliphatic carbocycles. The van der Waals surface area contributed by atoms with Gasteiger partial charge in [-0.05, 0) is 17.9 Å². The van der Waals surface area contributed by atoms with E-state index in [0.717, 1.165) is 25.2 Å². The molecule has 0 unspecified atom stereocenters. The summed E-state index contributed by atoms with van der Waals surface area (Å²) in [7, 11) is 0. The number of carbonyl (C=O) groups is 1. The topological polar surface area (TPSA) is 41.1 Å². The van der Waals surface area contributed by atoms with Gasteiger partial charge in [-0.2, -0.15) is 0 Å².